The number of nitrogens with one attached hydrogen (secondary N) is 1. The Balaban J connectivity index is 1.39. The van der Waals surface area contributed by atoms with Gasteiger partial charge in [-0.3, -0.25) is 4.79 Å². The molecule has 1 N–H and O–H groups in total. The second-order valence-corrected chi connectivity index (χ2v) is 7.50. The molecule has 1 aliphatic rings. The third-order valence-corrected chi connectivity index (χ3v) is 5.49. The Bertz CT molecular complexity index is 796. The molecule has 1 saturated heterocycles. The van der Waals surface area contributed by atoms with Gasteiger partial charge in [-0.25, -0.2) is 4.98 Å². The minimum Gasteiger partial charge on any atom is -0.490 e. The van der Waals surface area contributed by atoms with Gasteiger partial charge in [0.1, 0.15) is 17.0 Å². The molecule has 0 aliphatic carbocycles. The van der Waals surface area contributed by atoms with E-state index in [0.717, 1.165) is 38.2 Å². The summed E-state index contributed by atoms with van der Waals surface area (Å²) in [6.07, 6.45) is 3.55. The number of hydrogen-bond donors (Lipinski definition) is 1. The first-order chi connectivity index (χ1) is 13.0. The molecule has 1 aromatic heterocycles. The van der Waals surface area contributed by atoms with E-state index < -0.39 is 0 Å². The summed E-state index contributed by atoms with van der Waals surface area (Å²) in [5.74, 6) is 0.536. The molecule has 0 radical (unpaired) electrons. The van der Waals surface area contributed by atoms with Crippen molar-refractivity contribution in [1.82, 2.24) is 15.2 Å². The van der Waals surface area contributed by atoms with Crippen LogP contribution in [0.2, 0.25) is 15.2 Å². The molecule has 2 aromatic rings. The number of rotatable bonds is 6. The number of carbonyl (C=O) groups is 1. The average molecular weight is 429 g/mol. The molecule has 1 aliphatic heterocycles. The van der Waals surface area contributed by atoms with E-state index in [0.29, 0.717) is 22.2 Å². The lowest BCUT2D eigenvalue weighted by atomic mass is 10.1. The van der Waals surface area contributed by atoms with E-state index in [4.69, 9.17) is 39.5 Å². The highest BCUT2D eigenvalue weighted by Crippen LogP contribution is 2.28. The topological polar surface area (TPSA) is 54.5 Å². The van der Waals surface area contributed by atoms with E-state index in [2.05, 4.69) is 15.2 Å². The number of carbonyl (C=O) groups excluding carboxylic acids is 1. The lowest BCUT2D eigenvalue weighted by Crippen LogP contribution is -2.42. The maximum atomic E-state index is 12.1. The van der Waals surface area contributed by atoms with E-state index >= 15 is 0 Å². The predicted octanol–water partition coefficient (Wildman–Crippen LogP) is 4.32. The van der Waals surface area contributed by atoms with Crippen LogP contribution in [0.25, 0.3) is 0 Å². The van der Waals surface area contributed by atoms with E-state index in [9.17, 15) is 4.79 Å². The van der Waals surface area contributed by atoms with Crippen molar-refractivity contribution in [2.24, 2.45) is 0 Å². The molecule has 0 atom stereocenters. The normalized spacial score (nSPS) is 15.5. The molecule has 27 heavy (non-hydrogen) atoms. The quantitative estimate of drug-likeness (QED) is 0.696. The molecule has 8 heteroatoms. The number of aromatic nitrogens is 1. The Labute approximate surface area is 173 Å². The highest BCUT2D eigenvalue weighted by molar-refractivity contribution is 6.42. The number of piperidine rings is 1. The lowest BCUT2D eigenvalue weighted by molar-refractivity contribution is 0.0905. The summed E-state index contributed by atoms with van der Waals surface area (Å²) in [4.78, 5) is 18.3. The van der Waals surface area contributed by atoms with Gasteiger partial charge in [0.25, 0.3) is 5.91 Å². The van der Waals surface area contributed by atoms with Gasteiger partial charge in [0.15, 0.2) is 0 Å². The Morgan fingerprint density at radius 1 is 1.19 bits per heavy atom. The molecular weight excluding hydrogens is 409 g/mol. The molecule has 144 valence electrons. The summed E-state index contributed by atoms with van der Waals surface area (Å²) < 4.78 is 5.99. The molecule has 0 saturated carbocycles. The van der Waals surface area contributed by atoms with Gasteiger partial charge in [0.05, 0.1) is 15.6 Å². The highest BCUT2D eigenvalue weighted by atomic mass is 35.5. The van der Waals surface area contributed by atoms with Crippen molar-refractivity contribution < 1.29 is 9.53 Å². The second kappa shape index (κ2) is 9.60. The third kappa shape index (κ3) is 5.72. The number of halogens is 3. The van der Waals surface area contributed by atoms with Gasteiger partial charge in [-0.1, -0.05) is 34.8 Å². The minimum absolute atomic E-state index is 0.155. The van der Waals surface area contributed by atoms with Crippen LogP contribution in [-0.4, -0.2) is 48.1 Å². The minimum atomic E-state index is -0.203. The van der Waals surface area contributed by atoms with Crippen LogP contribution < -0.4 is 10.1 Å². The number of benzene rings is 1. The first kappa shape index (κ1) is 20.2. The van der Waals surface area contributed by atoms with Crippen molar-refractivity contribution in [2.45, 2.75) is 18.9 Å². The van der Waals surface area contributed by atoms with E-state index in [1.54, 1.807) is 30.5 Å². The standard InChI is InChI=1S/C19H20Cl3N3O2/c20-16-4-3-14(12-17(16)21)27-13-5-9-25(10-6-13)11-8-24-19(26)15-2-1-7-23-18(15)22/h1-4,7,12-13H,5-6,8-11H2,(H,24,26). The Hall–Kier alpha value is -1.53. The summed E-state index contributed by atoms with van der Waals surface area (Å²) in [6.45, 7) is 3.16. The highest BCUT2D eigenvalue weighted by Gasteiger charge is 2.21. The summed E-state index contributed by atoms with van der Waals surface area (Å²) in [7, 11) is 0. The number of pyridine rings is 1. The maximum Gasteiger partial charge on any atom is 0.254 e. The number of likely N-dealkylation sites (tertiary alicyclic amines) is 1. The van der Waals surface area contributed by atoms with Crippen LogP contribution >= 0.6 is 34.8 Å². The van der Waals surface area contributed by atoms with Crippen LogP contribution in [0.1, 0.15) is 23.2 Å². The first-order valence-corrected chi connectivity index (χ1v) is 9.89. The SMILES string of the molecule is O=C(NCCN1CCC(Oc2ccc(Cl)c(Cl)c2)CC1)c1cccnc1Cl. The zero-order valence-electron chi connectivity index (χ0n) is 14.6. The van der Waals surface area contributed by atoms with Crippen molar-refractivity contribution >= 4 is 40.7 Å². The summed E-state index contributed by atoms with van der Waals surface area (Å²) in [6, 6.07) is 8.68. The van der Waals surface area contributed by atoms with Gasteiger partial charge in [-0.05, 0) is 37.1 Å². The fourth-order valence-electron chi connectivity index (χ4n) is 2.97. The molecule has 1 amide bonds. The van der Waals surface area contributed by atoms with E-state index in [1.165, 1.54) is 0 Å². The number of hydrogen-bond acceptors (Lipinski definition) is 4. The Morgan fingerprint density at radius 3 is 2.67 bits per heavy atom. The molecule has 0 unspecified atom stereocenters. The van der Waals surface area contributed by atoms with Crippen molar-refractivity contribution in [3.05, 3.63) is 57.3 Å². The molecule has 0 spiro atoms. The monoisotopic (exact) mass is 427 g/mol. The average Bonchev–Trinajstić information content (AvgIpc) is 2.66. The number of nitrogens with zero attached hydrogens (tertiary/aromatic N) is 2. The first-order valence-electron chi connectivity index (χ1n) is 8.75. The van der Waals surface area contributed by atoms with Crippen molar-refractivity contribution in [1.29, 1.82) is 0 Å². The van der Waals surface area contributed by atoms with Gasteiger partial charge in [0, 0.05) is 38.4 Å². The molecule has 3 rings (SSSR count). The summed E-state index contributed by atoms with van der Waals surface area (Å²) in [5.41, 5.74) is 0.396. The largest absolute Gasteiger partial charge is 0.490 e. The molecular formula is C19H20Cl3N3O2. The van der Waals surface area contributed by atoms with Gasteiger partial charge >= 0.3 is 0 Å². The van der Waals surface area contributed by atoms with Crippen LogP contribution in [0.15, 0.2) is 36.5 Å². The summed E-state index contributed by atoms with van der Waals surface area (Å²) in [5, 5.41) is 4.12. The van der Waals surface area contributed by atoms with Crippen LogP contribution in [0.5, 0.6) is 5.75 Å². The van der Waals surface area contributed by atoms with Gasteiger partial charge in [-0.15, -0.1) is 0 Å². The molecule has 1 aromatic carbocycles. The smallest absolute Gasteiger partial charge is 0.254 e. The van der Waals surface area contributed by atoms with Gasteiger partial charge in [-0.2, -0.15) is 0 Å². The third-order valence-electron chi connectivity index (χ3n) is 4.45. The molecule has 0 bridgehead atoms. The maximum absolute atomic E-state index is 12.1. The van der Waals surface area contributed by atoms with E-state index in [1.807, 2.05) is 6.07 Å². The van der Waals surface area contributed by atoms with Gasteiger partial charge < -0.3 is 15.0 Å². The zero-order chi connectivity index (χ0) is 19.2. The van der Waals surface area contributed by atoms with Crippen LogP contribution in [-0.2, 0) is 0 Å². The van der Waals surface area contributed by atoms with Crippen molar-refractivity contribution in [2.75, 3.05) is 26.2 Å². The molecule has 2 heterocycles. The van der Waals surface area contributed by atoms with Crippen LogP contribution in [0.4, 0.5) is 0 Å². The zero-order valence-corrected chi connectivity index (χ0v) is 16.9. The van der Waals surface area contributed by atoms with Crippen molar-refractivity contribution in [3.8, 4) is 5.75 Å². The van der Waals surface area contributed by atoms with Gasteiger partial charge in [0.2, 0.25) is 0 Å². The number of ether oxygens (including phenoxy) is 1. The fraction of sp³-hybridized carbons (Fsp3) is 0.368. The predicted molar refractivity (Wildman–Crippen MR) is 108 cm³/mol. The fourth-order valence-corrected chi connectivity index (χ4v) is 3.46. The Kier molecular flexibility index (Phi) is 7.19. The van der Waals surface area contributed by atoms with E-state index in [-0.39, 0.29) is 17.2 Å². The van der Waals surface area contributed by atoms with Crippen LogP contribution in [0.3, 0.4) is 0 Å². The summed E-state index contributed by atoms with van der Waals surface area (Å²) >= 11 is 17.9. The molecule has 5 nitrogen and oxygen atoms in total. The molecule has 1 fully saturated rings. The lowest BCUT2D eigenvalue weighted by Gasteiger charge is -2.32. The second-order valence-electron chi connectivity index (χ2n) is 6.33. The van der Waals surface area contributed by atoms with Crippen LogP contribution in [0, 0.1) is 0 Å². The number of amides is 1. The van der Waals surface area contributed by atoms with Crippen molar-refractivity contribution in [3.63, 3.8) is 0 Å². The Morgan fingerprint density at radius 2 is 1.96 bits per heavy atom.